The average Bonchev–Trinajstić information content (AvgIpc) is 3.63. The van der Waals surface area contributed by atoms with Crippen LogP contribution in [-0.2, 0) is 7.05 Å². The Hall–Kier alpha value is -4.89. The molecule has 0 fully saturated rings. The molecular formula is C41H37N2O+. The topological polar surface area (TPSA) is 21.4 Å². The minimum Gasteiger partial charge on any atom is -0.464 e. The molecule has 0 bridgehead atoms. The number of furan rings is 1. The average molecular weight is 574 g/mol. The number of hydrogen-bond donors (Lipinski definition) is 0. The van der Waals surface area contributed by atoms with E-state index < -0.39 is 0 Å². The van der Waals surface area contributed by atoms with Gasteiger partial charge in [0.05, 0.1) is 24.1 Å². The maximum Gasteiger partial charge on any atom is 0.295 e. The fraction of sp³-hybridized carbons (Fsp3) is 0.195. The van der Waals surface area contributed by atoms with E-state index in [2.05, 4.69) is 148 Å². The van der Waals surface area contributed by atoms with Crippen molar-refractivity contribution in [2.24, 2.45) is 7.05 Å². The van der Waals surface area contributed by atoms with Gasteiger partial charge in [-0.1, -0.05) is 94.4 Å². The van der Waals surface area contributed by atoms with Crippen LogP contribution in [-0.4, -0.2) is 4.40 Å². The van der Waals surface area contributed by atoms with Crippen molar-refractivity contribution >= 4 is 49.3 Å². The smallest absolute Gasteiger partial charge is 0.295 e. The molecule has 0 saturated carbocycles. The highest BCUT2D eigenvalue weighted by Gasteiger charge is 2.27. The van der Waals surface area contributed by atoms with Crippen LogP contribution in [0.4, 0.5) is 0 Å². The summed E-state index contributed by atoms with van der Waals surface area (Å²) < 4.78 is 10.7. The number of rotatable bonds is 4. The second kappa shape index (κ2) is 9.82. The van der Waals surface area contributed by atoms with E-state index in [0.29, 0.717) is 11.8 Å². The second-order valence-electron chi connectivity index (χ2n) is 12.9. The lowest BCUT2D eigenvalue weighted by Gasteiger charge is -2.22. The highest BCUT2D eigenvalue weighted by Crippen LogP contribution is 2.42. The Kier molecular flexibility index (Phi) is 5.96. The first-order valence-corrected chi connectivity index (χ1v) is 15.7. The van der Waals surface area contributed by atoms with Crippen LogP contribution in [0.2, 0.25) is 0 Å². The first-order valence-electron chi connectivity index (χ1n) is 15.7. The Morgan fingerprint density at radius 1 is 0.636 bits per heavy atom. The molecule has 0 atom stereocenters. The minimum absolute atomic E-state index is 0.376. The Morgan fingerprint density at radius 2 is 1.39 bits per heavy atom. The summed E-state index contributed by atoms with van der Waals surface area (Å²) in [5.41, 5.74) is 15.0. The van der Waals surface area contributed by atoms with Gasteiger partial charge in [0.2, 0.25) is 0 Å². The van der Waals surface area contributed by atoms with Gasteiger partial charge in [-0.2, -0.15) is 4.40 Å². The van der Waals surface area contributed by atoms with Crippen molar-refractivity contribution in [3.63, 3.8) is 0 Å². The van der Waals surface area contributed by atoms with Crippen LogP contribution in [0.1, 0.15) is 56.2 Å². The van der Waals surface area contributed by atoms with Gasteiger partial charge in [0.1, 0.15) is 11.1 Å². The number of imidazole rings is 1. The fourth-order valence-electron chi connectivity index (χ4n) is 7.46. The van der Waals surface area contributed by atoms with E-state index in [1.165, 1.54) is 77.3 Å². The molecule has 44 heavy (non-hydrogen) atoms. The molecule has 3 heterocycles. The van der Waals surface area contributed by atoms with Crippen molar-refractivity contribution in [1.82, 2.24) is 4.40 Å². The summed E-state index contributed by atoms with van der Waals surface area (Å²) in [6.07, 6.45) is 1.80. The molecule has 0 unspecified atom stereocenters. The zero-order valence-electron chi connectivity index (χ0n) is 26.3. The molecule has 5 aromatic carbocycles. The molecule has 3 aromatic heterocycles. The maximum absolute atomic E-state index is 5.84. The van der Waals surface area contributed by atoms with E-state index in [1.54, 1.807) is 6.26 Å². The van der Waals surface area contributed by atoms with Crippen LogP contribution in [0.3, 0.4) is 0 Å². The second-order valence-corrected chi connectivity index (χ2v) is 12.9. The van der Waals surface area contributed by atoms with Crippen molar-refractivity contribution in [2.75, 3.05) is 0 Å². The molecule has 0 saturated heterocycles. The molecule has 8 aromatic rings. The van der Waals surface area contributed by atoms with Gasteiger partial charge in [0.25, 0.3) is 5.65 Å². The number of aryl methyl sites for hydroxylation is 2. The Bertz CT molecular complexity index is 2370. The molecule has 0 aliphatic carbocycles. The monoisotopic (exact) mass is 573 g/mol. The first-order chi connectivity index (χ1) is 21.3. The van der Waals surface area contributed by atoms with E-state index in [9.17, 15) is 0 Å². The van der Waals surface area contributed by atoms with E-state index in [4.69, 9.17) is 4.42 Å². The molecule has 0 spiro atoms. The van der Waals surface area contributed by atoms with Gasteiger partial charge < -0.3 is 4.42 Å². The molecule has 0 aliphatic rings. The van der Waals surface area contributed by atoms with Crippen LogP contribution in [0, 0.1) is 6.92 Å². The lowest BCUT2D eigenvalue weighted by molar-refractivity contribution is -0.616. The predicted octanol–water partition coefficient (Wildman–Crippen LogP) is 10.9. The number of pyridine rings is 1. The van der Waals surface area contributed by atoms with Crippen molar-refractivity contribution in [1.29, 1.82) is 0 Å². The number of benzene rings is 5. The summed E-state index contributed by atoms with van der Waals surface area (Å²) in [6.45, 7) is 11.5. The molecule has 0 N–H and O–H groups in total. The highest BCUT2D eigenvalue weighted by molar-refractivity contribution is 6.15. The molecule has 3 nitrogen and oxygen atoms in total. The van der Waals surface area contributed by atoms with Gasteiger partial charge in [0.15, 0.2) is 11.0 Å². The zero-order valence-corrected chi connectivity index (χ0v) is 26.3. The van der Waals surface area contributed by atoms with Crippen LogP contribution in [0.5, 0.6) is 0 Å². The van der Waals surface area contributed by atoms with E-state index in [1.807, 2.05) is 0 Å². The largest absolute Gasteiger partial charge is 0.464 e. The molecular weight excluding hydrogens is 536 g/mol. The standard InChI is InChI=1S/C41H37N2O/c1-24(2)33-21-29(27-12-8-7-9-13-27)22-34(25(3)4)39(33)28-15-16-30-31-14-10-11-26(5)38(31)41-42(6)40-32-19-20-44-37(32)18-17-35(40)43(41)36(30)23-28/h7-25H,1-6H3/q+1. The van der Waals surface area contributed by atoms with Gasteiger partial charge in [-0.3, -0.25) is 0 Å². The highest BCUT2D eigenvalue weighted by atomic mass is 16.3. The summed E-state index contributed by atoms with van der Waals surface area (Å²) in [5.74, 6) is 0.751. The normalized spacial score (nSPS) is 12.3. The minimum atomic E-state index is 0.376. The molecule has 0 radical (unpaired) electrons. The third-order valence-corrected chi connectivity index (χ3v) is 9.56. The van der Waals surface area contributed by atoms with Gasteiger partial charge in [-0.25, -0.2) is 4.57 Å². The Morgan fingerprint density at radius 3 is 2.11 bits per heavy atom. The van der Waals surface area contributed by atoms with E-state index >= 15 is 0 Å². The predicted molar refractivity (Wildman–Crippen MR) is 185 cm³/mol. The van der Waals surface area contributed by atoms with Gasteiger partial charge in [-0.05, 0) is 88.0 Å². The fourth-order valence-corrected chi connectivity index (χ4v) is 7.46. The van der Waals surface area contributed by atoms with Crippen LogP contribution in [0.15, 0.2) is 108 Å². The zero-order chi connectivity index (χ0) is 30.3. The molecule has 0 amide bonds. The van der Waals surface area contributed by atoms with Crippen molar-refractivity contribution < 1.29 is 8.98 Å². The maximum atomic E-state index is 5.84. The molecule has 3 heteroatoms. The van der Waals surface area contributed by atoms with E-state index in [-0.39, 0.29) is 0 Å². The third-order valence-electron chi connectivity index (χ3n) is 9.56. The van der Waals surface area contributed by atoms with Gasteiger partial charge >= 0.3 is 0 Å². The number of fused-ring (bicyclic) bond motifs is 10. The number of aromatic nitrogens is 2. The third kappa shape index (κ3) is 3.78. The van der Waals surface area contributed by atoms with Crippen LogP contribution < -0.4 is 4.57 Å². The summed E-state index contributed by atoms with van der Waals surface area (Å²) in [5, 5.41) is 4.98. The van der Waals surface area contributed by atoms with Gasteiger partial charge in [0, 0.05) is 10.8 Å². The van der Waals surface area contributed by atoms with Crippen molar-refractivity contribution in [3.8, 4) is 22.3 Å². The SMILES string of the molecule is Cc1cccc2c3ccc(-c4c(C(C)C)cc(-c5ccccc5)cc4C(C)C)cc3n3c4ccc5occc5c4[n+](C)c3c12. The van der Waals surface area contributed by atoms with Crippen molar-refractivity contribution in [2.45, 2.75) is 46.5 Å². The lowest BCUT2D eigenvalue weighted by Crippen LogP contribution is -2.27. The summed E-state index contributed by atoms with van der Waals surface area (Å²) in [7, 11) is 2.20. The number of nitrogens with zero attached hydrogens (tertiary/aromatic N) is 2. The summed E-state index contributed by atoms with van der Waals surface area (Å²) in [4.78, 5) is 0. The van der Waals surface area contributed by atoms with Crippen molar-refractivity contribution in [3.05, 3.63) is 120 Å². The van der Waals surface area contributed by atoms with Crippen LogP contribution in [0.25, 0.3) is 71.6 Å². The first kappa shape index (κ1) is 26.7. The lowest BCUT2D eigenvalue weighted by atomic mass is 9.82. The van der Waals surface area contributed by atoms with Crippen LogP contribution >= 0.6 is 0 Å². The number of hydrogen-bond acceptors (Lipinski definition) is 1. The van der Waals surface area contributed by atoms with E-state index in [0.717, 1.165) is 11.0 Å². The molecule has 216 valence electrons. The Labute approximate surface area is 258 Å². The summed E-state index contributed by atoms with van der Waals surface area (Å²) >= 11 is 0. The molecule has 0 aliphatic heterocycles. The summed E-state index contributed by atoms with van der Waals surface area (Å²) in [6, 6.07) is 35.9. The Balaban J connectivity index is 1.52. The molecule has 8 rings (SSSR count). The quantitative estimate of drug-likeness (QED) is 0.152. The van der Waals surface area contributed by atoms with Gasteiger partial charge in [-0.15, -0.1) is 0 Å².